The predicted molar refractivity (Wildman–Crippen MR) is 206 cm³/mol. The lowest BCUT2D eigenvalue weighted by atomic mass is 9.98. The van der Waals surface area contributed by atoms with Gasteiger partial charge in [-0.25, -0.2) is 4.57 Å². The van der Waals surface area contributed by atoms with E-state index in [-0.39, 0.29) is 11.1 Å². The zero-order valence-electron chi connectivity index (χ0n) is 26.1. The molecule has 0 fully saturated rings. The van der Waals surface area contributed by atoms with Gasteiger partial charge < -0.3 is 4.57 Å². The molecule has 0 saturated carbocycles. The van der Waals surface area contributed by atoms with Crippen LogP contribution in [-0.2, 0) is 0 Å². The van der Waals surface area contributed by atoms with E-state index >= 15 is 0 Å². The molecule has 0 aliphatic heterocycles. The highest BCUT2D eigenvalue weighted by atomic mass is 32.1. The van der Waals surface area contributed by atoms with Crippen LogP contribution in [-0.4, -0.2) is 9.13 Å². The summed E-state index contributed by atoms with van der Waals surface area (Å²) < 4.78 is 5.79. The van der Waals surface area contributed by atoms with Gasteiger partial charge in [-0.15, -0.1) is 11.3 Å². The van der Waals surface area contributed by atoms with Crippen molar-refractivity contribution in [3.05, 3.63) is 178 Å². The van der Waals surface area contributed by atoms with E-state index < -0.39 is 0 Å². The van der Waals surface area contributed by atoms with Gasteiger partial charge in [-0.05, 0) is 82.6 Å². The summed E-state index contributed by atoms with van der Waals surface area (Å²) in [5, 5.41) is 6.78. The first kappa shape index (κ1) is 27.8. The van der Waals surface area contributed by atoms with Crippen molar-refractivity contribution in [1.82, 2.24) is 9.13 Å². The van der Waals surface area contributed by atoms with Crippen molar-refractivity contribution in [2.45, 2.75) is 0 Å². The highest BCUT2D eigenvalue weighted by Crippen LogP contribution is 2.42. The first-order chi connectivity index (χ1) is 24.2. The van der Waals surface area contributed by atoms with Crippen molar-refractivity contribution >= 4 is 74.9 Å². The lowest BCUT2D eigenvalue weighted by Gasteiger charge is -2.08. The molecule has 0 unspecified atom stereocenters. The fourth-order valence-electron chi connectivity index (χ4n) is 7.54. The van der Waals surface area contributed by atoms with Crippen LogP contribution in [0.2, 0.25) is 0 Å². The van der Waals surface area contributed by atoms with Gasteiger partial charge in [0.25, 0.3) is 11.1 Å². The Kier molecular flexibility index (Phi) is 6.01. The minimum atomic E-state index is -0.340. The number of nitrogens with zero attached hydrogens (tertiary/aromatic N) is 2. The molecule has 4 nitrogen and oxygen atoms in total. The maximum absolute atomic E-state index is 14.8. The molecular formula is C44H26N2O2S. The zero-order valence-corrected chi connectivity index (χ0v) is 26.9. The number of hydrogen-bond acceptors (Lipinski definition) is 3. The molecule has 49 heavy (non-hydrogen) atoms. The number of para-hydroxylation sites is 3. The monoisotopic (exact) mass is 646 g/mol. The number of thiophene rings is 1. The van der Waals surface area contributed by atoms with Crippen molar-refractivity contribution in [1.29, 1.82) is 0 Å². The van der Waals surface area contributed by atoms with Crippen LogP contribution in [0.5, 0.6) is 0 Å². The minimum absolute atomic E-state index is 0.332. The van der Waals surface area contributed by atoms with Gasteiger partial charge in [-0.1, -0.05) is 97.1 Å². The Morgan fingerprint density at radius 1 is 0.388 bits per heavy atom. The normalized spacial score (nSPS) is 11.8. The summed E-state index contributed by atoms with van der Waals surface area (Å²) in [4.78, 5) is 29.6. The van der Waals surface area contributed by atoms with Crippen LogP contribution in [0.3, 0.4) is 0 Å². The van der Waals surface area contributed by atoms with E-state index in [9.17, 15) is 9.59 Å². The van der Waals surface area contributed by atoms with Crippen LogP contribution in [0.1, 0.15) is 0 Å². The molecule has 0 bridgehead atoms. The van der Waals surface area contributed by atoms with Crippen molar-refractivity contribution < 1.29 is 0 Å². The number of aromatic nitrogens is 2. The van der Waals surface area contributed by atoms with Gasteiger partial charge >= 0.3 is 0 Å². The molecule has 0 aliphatic carbocycles. The summed E-state index contributed by atoms with van der Waals surface area (Å²) in [6, 6.07) is 52.8. The van der Waals surface area contributed by atoms with Crippen LogP contribution < -0.4 is 11.1 Å². The molecule has 0 saturated heterocycles. The van der Waals surface area contributed by atoms with E-state index in [2.05, 4.69) is 71.3 Å². The van der Waals surface area contributed by atoms with Crippen LogP contribution >= 0.6 is 11.3 Å². The Labute approximate surface area is 284 Å². The highest BCUT2D eigenvalue weighted by molar-refractivity contribution is 7.26. The standard InChI is InChI=1S/C44H26N2O2S/c47-43-35-24-37-41(49-40-22-12-20-30(42(37)40)27-13-4-1-5-14-27)26-33(35)32-23-34-31-19-10-11-21-38(31)45(28-15-6-2-7-16-28)39(34)25-36(32)44(48)46(43)29-17-8-3-9-18-29/h1-26H. The fourth-order valence-corrected chi connectivity index (χ4v) is 8.70. The van der Waals surface area contributed by atoms with Crippen molar-refractivity contribution in [2.24, 2.45) is 0 Å². The van der Waals surface area contributed by atoms with Gasteiger partial charge in [0.2, 0.25) is 0 Å². The SMILES string of the molecule is O=c1c2cc3c(cc2c2cc4c5ccccc5n(-c5ccccc5)c4cc2c(=O)n1-c1ccccc1)sc1cccc(-c2ccccc2)c13. The fraction of sp³-hybridized carbons (Fsp3) is 0. The molecule has 10 rings (SSSR count). The Balaban J connectivity index is 1.43. The van der Waals surface area contributed by atoms with E-state index in [1.165, 1.54) is 4.57 Å². The maximum atomic E-state index is 14.8. The zero-order chi connectivity index (χ0) is 32.6. The lowest BCUT2D eigenvalue weighted by Crippen LogP contribution is -2.28. The third-order valence-corrected chi connectivity index (χ3v) is 10.8. The quantitative estimate of drug-likeness (QED) is 0.192. The van der Waals surface area contributed by atoms with E-state index in [1.54, 1.807) is 11.3 Å². The molecule has 0 amide bonds. The van der Waals surface area contributed by atoms with Crippen molar-refractivity contribution in [2.75, 3.05) is 0 Å². The summed E-state index contributed by atoms with van der Waals surface area (Å²) in [5.74, 6) is 0. The van der Waals surface area contributed by atoms with Crippen LogP contribution in [0, 0.1) is 0 Å². The van der Waals surface area contributed by atoms with Gasteiger partial charge in [0.15, 0.2) is 0 Å². The average molecular weight is 647 g/mol. The van der Waals surface area contributed by atoms with Crippen molar-refractivity contribution in [3.8, 4) is 22.5 Å². The lowest BCUT2D eigenvalue weighted by molar-refractivity contribution is 0.976. The highest BCUT2D eigenvalue weighted by Gasteiger charge is 2.20. The Morgan fingerprint density at radius 2 is 0.980 bits per heavy atom. The smallest absolute Gasteiger partial charge is 0.266 e. The molecular weight excluding hydrogens is 621 g/mol. The van der Waals surface area contributed by atoms with Crippen LogP contribution in [0.25, 0.3) is 86.0 Å². The number of hydrogen-bond donors (Lipinski definition) is 0. The van der Waals surface area contributed by atoms with Crippen molar-refractivity contribution in [3.63, 3.8) is 0 Å². The Hall–Kier alpha value is -6.30. The Bertz CT molecular complexity index is 3070. The van der Waals surface area contributed by atoms with Gasteiger partial charge in [0, 0.05) is 42.0 Å². The third-order valence-electron chi connectivity index (χ3n) is 9.72. The second-order valence-corrected chi connectivity index (χ2v) is 13.5. The number of fused-ring (bicyclic) bond motifs is 9. The number of rotatable bonds is 3. The van der Waals surface area contributed by atoms with E-state index in [0.29, 0.717) is 16.5 Å². The molecule has 5 heteroatoms. The van der Waals surface area contributed by atoms with Gasteiger partial charge in [0.05, 0.1) is 22.1 Å². The molecule has 7 aromatic carbocycles. The molecule has 230 valence electrons. The molecule has 3 aromatic heterocycles. The summed E-state index contributed by atoms with van der Waals surface area (Å²) >= 11 is 1.72. The second kappa shape index (κ2) is 10.6. The van der Waals surface area contributed by atoms with E-state index in [1.807, 2.05) is 91.0 Å². The van der Waals surface area contributed by atoms with Gasteiger partial charge in [0.1, 0.15) is 0 Å². The first-order valence-electron chi connectivity index (χ1n) is 16.3. The molecule has 0 aliphatic rings. The van der Waals surface area contributed by atoms with Crippen LogP contribution in [0.15, 0.2) is 167 Å². The Morgan fingerprint density at radius 3 is 1.71 bits per heavy atom. The summed E-state index contributed by atoms with van der Waals surface area (Å²) in [5.41, 5.74) is 5.09. The second-order valence-electron chi connectivity index (χ2n) is 12.4. The maximum Gasteiger partial charge on any atom is 0.266 e. The molecule has 0 atom stereocenters. The summed E-state index contributed by atoms with van der Waals surface area (Å²) in [7, 11) is 0. The van der Waals surface area contributed by atoms with E-state index in [4.69, 9.17) is 0 Å². The third kappa shape index (κ3) is 4.09. The molecule has 3 heterocycles. The van der Waals surface area contributed by atoms with Gasteiger partial charge in [-0.2, -0.15) is 0 Å². The first-order valence-corrected chi connectivity index (χ1v) is 17.1. The molecule has 10 aromatic rings. The largest absolute Gasteiger partial charge is 0.309 e. The van der Waals surface area contributed by atoms with Crippen LogP contribution in [0.4, 0.5) is 0 Å². The average Bonchev–Trinajstić information content (AvgIpc) is 3.67. The molecule has 0 N–H and O–H groups in total. The minimum Gasteiger partial charge on any atom is -0.309 e. The number of benzene rings is 7. The molecule has 0 spiro atoms. The summed E-state index contributed by atoms with van der Waals surface area (Å²) in [6.07, 6.45) is 0. The van der Waals surface area contributed by atoms with E-state index in [0.717, 1.165) is 69.6 Å². The molecule has 0 radical (unpaired) electrons. The predicted octanol–water partition coefficient (Wildman–Crippen LogP) is 10.6. The topological polar surface area (TPSA) is 44.0 Å². The van der Waals surface area contributed by atoms with Gasteiger partial charge in [-0.3, -0.25) is 9.59 Å². The summed E-state index contributed by atoms with van der Waals surface area (Å²) in [6.45, 7) is 0.